The van der Waals surface area contributed by atoms with Crippen molar-refractivity contribution in [3.05, 3.63) is 76.3 Å². The number of nitrogens with zero attached hydrogens (tertiary/aromatic N) is 1. The van der Waals surface area contributed by atoms with Gasteiger partial charge < -0.3 is 14.2 Å². The van der Waals surface area contributed by atoms with Crippen molar-refractivity contribution in [2.75, 3.05) is 0 Å². The molecule has 1 atom stereocenters. The van der Waals surface area contributed by atoms with Gasteiger partial charge in [-0.05, 0) is 38.9 Å². The van der Waals surface area contributed by atoms with Crippen LogP contribution >= 0.6 is 11.6 Å². The van der Waals surface area contributed by atoms with Crippen LogP contribution in [0.3, 0.4) is 0 Å². The van der Waals surface area contributed by atoms with Gasteiger partial charge in [0.25, 0.3) is 0 Å². The van der Waals surface area contributed by atoms with E-state index in [2.05, 4.69) is 4.98 Å². The Bertz CT molecular complexity index is 1350. The summed E-state index contributed by atoms with van der Waals surface area (Å²) in [6.45, 7) is 1.01. The number of hydrogen-bond donors (Lipinski definition) is 0. The van der Waals surface area contributed by atoms with E-state index in [1.165, 1.54) is 12.1 Å². The summed E-state index contributed by atoms with van der Waals surface area (Å²) < 4.78 is 99.4. The molecule has 0 radical (unpaired) electrons. The molecule has 0 spiro atoms. The Labute approximate surface area is 187 Å². The monoisotopic (exact) mass is 440 g/mol. The van der Waals surface area contributed by atoms with E-state index in [1.54, 1.807) is 19.1 Å². The zero-order valence-electron chi connectivity index (χ0n) is 22.6. The first kappa shape index (κ1) is 13.9. The van der Waals surface area contributed by atoms with Gasteiger partial charge in [0.2, 0.25) is 5.88 Å². The minimum atomic E-state index is -2.18. The summed E-state index contributed by atoms with van der Waals surface area (Å²) in [6, 6.07) is 2.58. The van der Waals surface area contributed by atoms with Crippen LogP contribution in [-0.4, -0.2) is 17.0 Å². The minimum absolute atomic E-state index is 0.00619. The van der Waals surface area contributed by atoms with E-state index in [0.717, 1.165) is 12.5 Å². The molecular weight excluding hydrogens is 416 g/mol. The maximum atomic E-state index is 15.0. The van der Waals surface area contributed by atoms with E-state index < -0.39 is 82.8 Å². The molecule has 1 aromatic heterocycles. The molecule has 0 aliphatic heterocycles. The van der Waals surface area contributed by atoms with Crippen molar-refractivity contribution in [1.29, 1.82) is 0 Å². The molecular formula is C22H18ClF2NO4. The maximum absolute atomic E-state index is 15.0. The van der Waals surface area contributed by atoms with Gasteiger partial charge in [-0.15, -0.1) is 0 Å². The summed E-state index contributed by atoms with van der Waals surface area (Å²) in [5, 5.41) is -0.637. The number of ether oxygens (including phenoxy) is 3. The Balaban J connectivity index is 2.00. The van der Waals surface area contributed by atoms with E-state index in [9.17, 15) is 9.18 Å². The summed E-state index contributed by atoms with van der Waals surface area (Å²) >= 11 is 5.99. The molecule has 30 heavy (non-hydrogen) atoms. The second kappa shape index (κ2) is 9.09. The summed E-state index contributed by atoms with van der Waals surface area (Å²) in [6.07, 6.45) is -3.08. The van der Waals surface area contributed by atoms with Gasteiger partial charge in [-0.2, -0.15) is 0 Å². The topological polar surface area (TPSA) is 57.7 Å². The van der Waals surface area contributed by atoms with Crippen LogP contribution in [-0.2, 0) is 0 Å². The number of rotatable bonds is 6. The van der Waals surface area contributed by atoms with Crippen LogP contribution in [0.5, 0.6) is 23.1 Å². The third kappa shape index (κ3) is 5.24. The van der Waals surface area contributed by atoms with Crippen molar-refractivity contribution in [2.45, 2.75) is 26.8 Å². The van der Waals surface area contributed by atoms with Gasteiger partial charge in [0.1, 0.15) is 22.3 Å². The van der Waals surface area contributed by atoms with E-state index in [0.29, 0.717) is 0 Å². The minimum Gasteiger partial charge on any atom is -0.474 e. The molecule has 0 fully saturated rings. The van der Waals surface area contributed by atoms with Crippen molar-refractivity contribution in [1.82, 2.24) is 4.98 Å². The largest absolute Gasteiger partial charge is 0.474 e. The SMILES string of the molecule is [2H]c1nc(OC([2H])(C)C([2H])[2H])c(Cl)c([2H])c1Oc1c([2H])c(F)c(C(=O)Oc2ccc(C)cc2)c([2H])c1F. The first-order chi connectivity index (χ1) is 17.2. The standard InChI is InChI=1S/C22H18ClF2NO4/c1-12(2)28-21-17(23)8-15(11-26-21)29-20-10-18(24)16(9-19(20)25)22(27)30-14-6-4-13(3)5-7-14/h4-12H,1-3H3/i1D2,8D,9D,10D,11D,12D. The number of carbonyl (C=O) groups is 1. The van der Waals surface area contributed by atoms with Crippen molar-refractivity contribution in [3.8, 4) is 23.1 Å². The molecule has 0 bridgehead atoms. The highest BCUT2D eigenvalue weighted by Gasteiger charge is 2.20. The molecule has 0 saturated carbocycles. The van der Waals surface area contributed by atoms with Crippen LogP contribution in [0.15, 0.2) is 48.6 Å². The highest BCUT2D eigenvalue weighted by atomic mass is 35.5. The second-order valence-corrected chi connectivity index (χ2v) is 6.27. The Kier molecular flexibility index (Phi) is 4.22. The molecule has 5 nitrogen and oxygen atoms in total. The van der Waals surface area contributed by atoms with Gasteiger partial charge in [0.05, 0.1) is 24.7 Å². The first-order valence-electron chi connectivity index (χ1n) is 12.0. The average molecular weight is 441 g/mol. The van der Waals surface area contributed by atoms with Crippen LogP contribution in [0, 0.1) is 18.6 Å². The van der Waals surface area contributed by atoms with Crippen molar-refractivity contribution in [2.24, 2.45) is 0 Å². The normalized spacial score (nSPS) is 16.1. The highest BCUT2D eigenvalue weighted by molar-refractivity contribution is 6.31. The van der Waals surface area contributed by atoms with E-state index in [-0.39, 0.29) is 5.75 Å². The summed E-state index contributed by atoms with van der Waals surface area (Å²) in [4.78, 5) is 16.0. The second-order valence-electron chi connectivity index (χ2n) is 5.90. The van der Waals surface area contributed by atoms with E-state index >= 15 is 4.39 Å². The molecule has 1 unspecified atom stereocenters. The Morgan fingerprint density at radius 1 is 1.20 bits per heavy atom. The number of aromatic nitrogens is 1. The Hall–Kier alpha value is -3.19. The fraction of sp³-hybridized carbons (Fsp3) is 0.182. The smallest absolute Gasteiger partial charge is 0.346 e. The number of pyridine rings is 1. The molecule has 2 aromatic carbocycles. The van der Waals surface area contributed by atoms with Gasteiger partial charge in [-0.1, -0.05) is 29.3 Å². The summed E-state index contributed by atoms with van der Waals surface area (Å²) in [5.41, 5.74) is -0.321. The molecule has 3 aromatic rings. The Morgan fingerprint density at radius 3 is 2.63 bits per heavy atom. The highest BCUT2D eigenvalue weighted by Crippen LogP contribution is 2.32. The van der Waals surface area contributed by atoms with Gasteiger partial charge in [-0.25, -0.2) is 18.6 Å². The fourth-order valence-electron chi connectivity index (χ4n) is 2.12. The number of esters is 1. The molecule has 1 heterocycles. The number of benzene rings is 2. The molecule has 0 N–H and O–H groups in total. The van der Waals surface area contributed by atoms with Crippen molar-refractivity contribution >= 4 is 17.6 Å². The summed E-state index contributed by atoms with van der Waals surface area (Å²) in [7, 11) is 0. The third-order valence-electron chi connectivity index (χ3n) is 3.44. The third-order valence-corrected chi connectivity index (χ3v) is 3.70. The van der Waals surface area contributed by atoms with Crippen LogP contribution in [0.1, 0.15) is 39.3 Å². The molecule has 0 aliphatic carbocycles. The van der Waals surface area contributed by atoms with Crippen LogP contribution < -0.4 is 14.2 Å². The predicted molar refractivity (Wildman–Crippen MR) is 108 cm³/mol. The quantitative estimate of drug-likeness (QED) is 0.341. The lowest BCUT2D eigenvalue weighted by atomic mass is 10.2. The van der Waals surface area contributed by atoms with Crippen molar-refractivity contribution < 1.29 is 37.4 Å². The lowest BCUT2D eigenvalue weighted by molar-refractivity contribution is 0.0729. The average Bonchev–Trinajstić information content (AvgIpc) is 2.82. The molecule has 0 aliphatic rings. The zero-order chi connectivity index (χ0) is 27.8. The first-order valence-corrected chi connectivity index (χ1v) is 8.68. The maximum Gasteiger partial charge on any atom is 0.346 e. The van der Waals surface area contributed by atoms with Crippen LogP contribution in [0.4, 0.5) is 8.78 Å². The van der Waals surface area contributed by atoms with Crippen LogP contribution in [0.2, 0.25) is 5.02 Å². The molecule has 0 saturated heterocycles. The zero-order valence-corrected chi connectivity index (χ0v) is 16.4. The fourth-order valence-corrected chi connectivity index (χ4v) is 2.28. The Morgan fingerprint density at radius 2 is 1.93 bits per heavy atom. The molecule has 3 rings (SSSR count). The predicted octanol–water partition coefficient (Wildman–Crippen LogP) is 6.12. The van der Waals surface area contributed by atoms with E-state index in [4.69, 9.17) is 35.4 Å². The molecule has 8 heteroatoms. The summed E-state index contributed by atoms with van der Waals surface area (Å²) in [5.74, 6) is -7.45. The van der Waals surface area contributed by atoms with Crippen LogP contribution in [0.25, 0.3) is 0 Å². The van der Waals surface area contributed by atoms with Gasteiger partial charge in [-0.3, -0.25) is 0 Å². The van der Waals surface area contributed by atoms with E-state index in [1.807, 2.05) is 0 Å². The number of carbonyl (C=O) groups excluding carboxylic acids is 1. The van der Waals surface area contributed by atoms with Gasteiger partial charge >= 0.3 is 5.97 Å². The lowest BCUT2D eigenvalue weighted by Crippen LogP contribution is -2.11. The van der Waals surface area contributed by atoms with Gasteiger partial charge in [0, 0.05) is 14.8 Å². The number of aryl methyl sites for hydroxylation is 1. The molecule has 156 valence electrons. The lowest BCUT2D eigenvalue weighted by Gasteiger charge is -2.12. The number of halogens is 3. The molecule has 0 amide bonds. The van der Waals surface area contributed by atoms with Gasteiger partial charge in [0.15, 0.2) is 11.6 Å². The number of hydrogen-bond acceptors (Lipinski definition) is 5. The van der Waals surface area contributed by atoms with Crippen molar-refractivity contribution in [3.63, 3.8) is 0 Å².